The van der Waals surface area contributed by atoms with E-state index in [2.05, 4.69) is 53.9 Å². The first-order valence-corrected chi connectivity index (χ1v) is 9.61. The minimum Gasteiger partial charge on any atom is -0.356 e. The minimum absolute atomic E-state index is 0.426. The molecule has 2 N–H and O–H groups in total. The molecule has 1 fully saturated rings. The Kier molecular flexibility index (Phi) is 5.09. The number of H-pyrrole nitrogens is 1. The van der Waals surface area contributed by atoms with Crippen molar-refractivity contribution in [1.82, 2.24) is 29.7 Å². The standard InChI is InChI=1S/C20H27N7/c1-15-8-11-26(13-18(15)27-12-10-22-14-27)20(21-2)23-9-7-19-24-16-5-3-4-6-17(16)25-19/h3-6,10,12,14-15,18H,7-9,11,13H2,1-2H3,(H,21,23)(H,24,25). The molecule has 3 heterocycles. The molecule has 1 aliphatic rings. The normalized spacial score (nSPS) is 21.0. The summed E-state index contributed by atoms with van der Waals surface area (Å²) in [5, 5.41) is 3.50. The maximum atomic E-state index is 4.64. The molecule has 0 aliphatic carbocycles. The number of nitrogens with one attached hydrogen (secondary N) is 2. The quantitative estimate of drug-likeness (QED) is 0.550. The number of rotatable bonds is 4. The number of nitrogens with zero attached hydrogens (tertiary/aromatic N) is 5. The first kappa shape index (κ1) is 17.6. The summed E-state index contributed by atoms with van der Waals surface area (Å²) in [6, 6.07) is 8.56. The molecule has 0 saturated carbocycles. The molecule has 2 atom stereocenters. The number of fused-ring (bicyclic) bond motifs is 1. The van der Waals surface area contributed by atoms with Crippen LogP contribution >= 0.6 is 0 Å². The van der Waals surface area contributed by atoms with Crippen molar-refractivity contribution in [2.45, 2.75) is 25.8 Å². The summed E-state index contributed by atoms with van der Waals surface area (Å²) in [4.78, 5) is 19.1. The van der Waals surface area contributed by atoms with Gasteiger partial charge in [0.15, 0.2) is 5.96 Å². The highest BCUT2D eigenvalue weighted by Crippen LogP contribution is 2.27. The van der Waals surface area contributed by atoms with E-state index in [0.29, 0.717) is 12.0 Å². The predicted octanol–water partition coefficient (Wildman–Crippen LogP) is 2.46. The fraction of sp³-hybridized carbons (Fsp3) is 0.450. The van der Waals surface area contributed by atoms with Crippen molar-refractivity contribution in [2.24, 2.45) is 10.9 Å². The molecule has 1 saturated heterocycles. The van der Waals surface area contributed by atoms with E-state index < -0.39 is 0 Å². The Balaban J connectivity index is 1.36. The second kappa shape index (κ2) is 7.82. The molecule has 2 unspecified atom stereocenters. The number of para-hydroxylation sites is 2. The lowest BCUT2D eigenvalue weighted by molar-refractivity contribution is 0.189. The fourth-order valence-electron chi connectivity index (χ4n) is 3.84. The van der Waals surface area contributed by atoms with Crippen LogP contribution in [-0.2, 0) is 6.42 Å². The van der Waals surface area contributed by atoms with Gasteiger partial charge in [-0.3, -0.25) is 4.99 Å². The highest BCUT2D eigenvalue weighted by Gasteiger charge is 2.28. The van der Waals surface area contributed by atoms with E-state index in [1.807, 2.05) is 37.8 Å². The maximum absolute atomic E-state index is 4.64. The molecular weight excluding hydrogens is 338 g/mol. The zero-order valence-electron chi connectivity index (χ0n) is 16.0. The van der Waals surface area contributed by atoms with Crippen molar-refractivity contribution in [3.05, 3.63) is 48.8 Å². The van der Waals surface area contributed by atoms with Crippen LogP contribution in [0.4, 0.5) is 0 Å². The number of hydrogen-bond donors (Lipinski definition) is 2. The van der Waals surface area contributed by atoms with Gasteiger partial charge in [-0.1, -0.05) is 19.1 Å². The van der Waals surface area contributed by atoms with Crippen LogP contribution in [0.5, 0.6) is 0 Å². The van der Waals surface area contributed by atoms with Crippen LogP contribution in [0.25, 0.3) is 11.0 Å². The van der Waals surface area contributed by atoms with E-state index in [0.717, 1.165) is 55.3 Å². The lowest BCUT2D eigenvalue weighted by Gasteiger charge is -2.39. The van der Waals surface area contributed by atoms with Crippen molar-refractivity contribution in [2.75, 3.05) is 26.7 Å². The van der Waals surface area contributed by atoms with Gasteiger partial charge in [0.05, 0.1) is 23.4 Å². The summed E-state index contributed by atoms with van der Waals surface area (Å²) >= 11 is 0. The number of guanidine groups is 1. The van der Waals surface area contributed by atoms with E-state index in [9.17, 15) is 0 Å². The first-order chi connectivity index (χ1) is 13.2. The average molecular weight is 365 g/mol. The number of benzene rings is 1. The summed E-state index contributed by atoms with van der Waals surface area (Å²) in [5.74, 6) is 2.59. The van der Waals surface area contributed by atoms with Crippen molar-refractivity contribution in [3.8, 4) is 0 Å². The molecule has 1 aliphatic heterocycles. The van der Waals surface area contributed by atoms with E-state index in [4.69, 9.17) is 0 Å². The molecule has 2 aromatic heterocycles. The van der Waals surface area contributed by atoms with E-state index in [1.165, 1.54) is 0 Å². The highest BCUT2D eigenvalue weighted by molar-refractivity contribution is 5.80. The molecule has 3 aromatic rings. The van der Waals surface area contributed by atoms with E-state index >= 15 is 0 Å². The fourth-order valence-corrected chi connectivity index (χ4v) is 3.84. The van der Waals surface area contributed by atoms with Gasteiger partial charge in [0.1, 0.15) is 5.82 Å². The monoisotopic (exact) mass is 365 g/mol. The maximum Gasteiger partial charge on any atom is 0.193 e. The Bertz CT molecular complexity index is 863. The molecule has 142 valence electrons. The van der Waals surface area contributed by atoms with Gasteiger partial charge >= 0.3 is 0 Å². The van der Waals surface area contributed by atoms with Gasteiger partial charge in [-0.15, -0.1) is 0 Å². The van der Waals surface area contributed by atoms with Gasteiger partial charge in [-0.05, 0) is 24.5 Å². The molecule has 27 heavy (non-hydrogen) atoms. The van der Waals surface area contributed by atoms with Crippen LogP contribution in [0.15, 0.2) is 48.0 Å². The lowest BCUT2D eigenvalue weighted by Crippen LogP contribution is -2.49. The highest BCUT2D eigenvalue weighted by atomic mass is 15.3. The third-order valence-corrected chi connectivity index (χ3v) is 5.42. The summed E-state index contributed by atoms with van der Waals surface area (Å²) in [7, 11) is 1.85. The SMILES string of the molecule is CN=C(NCCc1nc2ccccc2[nH]1)N1CCC(C)C(n2ccnc2)C1. The lowest BCUT2D eigenvalue weighted by atomic mass is 9.93. The van der Waals surface area contributed by atoms with Crippen molar-refractivity contribution in [3.63, 3.8) is 0 Å². The smallest absolute Gasteiger partial charge is 0.193 e. The number of piperidine rings is 1. The Hall–Kier alpha value is -2.83. The van der Waals surface area contributed by atoms with Crippen molar-refractivity contribution in [1.29, 1.82) is 0 Å². The Labute approximate surface area is 159 Å². The molecular formula is C20H27N7. The third-order valence-electron chi connectivity index (χ3n) is 5.42. The van der Waals surface area contributed by atoms with Crippen LogP contribution in [-0.4, -0.2) is 57.1 Å². The van der Waals surface area contributed by atoms with Gasteiger partial charge in [0, 0.05) is 45.5 Å². The Morgan fingerprint density at radius 2 is 2.26 bits per heavy atom. The molecule has 7 heteroatoms. The Morgan fingerprint density at radius 1 is 1.37 bits per heavy atom. The first-order valence-electron chi connectivity index (χ1n) is 9.61. The topological polar surface area (TPSA) is 74.1 Å². The number of aliphatic imine (C=N–C) groups is 1. The van der Waals surface area contributed by atoms with Gasteiger partial charge in [-0.2, -0.15) is 0 Å². The molecule has 0 amide bonds. The van der Waals surface area contributed by atoms with E-state index in [-0.39, 0.29) is 0 Å². The van der Waals surface area contributed by atoms with Gasteiger partial charge in [-0.25, -0.2) is 9.97 Å². The van der Waals surface area contributed by atoms with Gasteiger partial charge in [0.25, 0.3) is 0 Å². The number of aromatic amines is 1. The van der Waals surface area contributed by atoms with Crippen molar-refractivity contribution >= 4 is 17.0 Å². The second-order valence-electron chi connectivity index (χ2n) is 7.21. The number of aromatic nitrogens is 4. The minimum atomic E-state index is 0.426. The Morgan fingerprint density at radius 3 is 3.04 bits per heavy atom. The van der Waals surface area contributed by atoms with Gasteiger partial charge in [0.2, 0.25) is 0 Å². The van der Waals surface area contributed by atoms with Gasteiger partial charge < -0.3 is 19.8 Å². The summed E-state index contributed by atoms with van der Waals surface area (Å²) in [5.41, 5.74) is 2.11. The summed E-state index contributed by atoms with van der Waals surface area (Å²) in [6.45, 7) is 5.09. The molecule has 7 nitrogen and oxygen atoms in total. The average Bonchev–Trinajstić information content (AvgIpc) is 3.35. The van der Waals surface area contributed by atoms with Crippen LogP contribution < -0.4 is 5.32 Å². The van der Waals surface area contributed by atoms with Crippen molar-refractivity contribution < 1.29 is 0 Å². The van der Waals surface area contributed by atoms with E-state index in [1.54, 1.807) is 0 Å². The largest absolute Gasteiger partial charge is 0.356 e. The molecule has 0 radical (unpaired) electrons. The van der Waals surface area contributed by atoms with Crippen LogP contribution in [0.2, 0.25) is 0 Å². The number of likely N-dealkylation sites (tertiary alicyclic amines) is 1. The molecule has 0 bridgehead atoms. The zero-order valence-corrected chi connectivity index (χ0v) is 16.0. The number of hydrogen-bond acceptors (Lipinski definition) is 3. The molecule has 4 rings (SSSR count). The molecule has 0 spiro atoms. The van der Waals surface area contributed by atoms with Crippen LogP contribution in [0.3, 0.4) is 0 Å². The predicted molar refractivity (Wildman–Crippen MR) is 108 cm³/mol. The zero-order chi connectivity index (χ0) is 18.6. The third kappa shape index (κ3) is 3.82. The summed E-state index contributed by atoms with van der Waals surface area (Å²) < 4.78 is 2.22. The summed E-state index contributed by atoms with van der Waals surface area (Å²) in [6.07, 6.45) is 7.81. The number of imidazole rings is 2. The molecule has 1 aromatic carbocycles. The van der Waals surface area contributed by atoms with Crippen LogP contribution in [0, 0.1) is 5.92 Å². The van der Waals surface area contributed by atoms with Crippen LogP contribution in [0.1, 0.15) is 25.2 Å². The second-order valence-corrected chi connectivity index (χ2v) is 7.21.